The van der Waals surface area contributed by atoms with E-state index in [1.54, 1.807) is 6.07 Å². The van der Waals surface area contributed by atoms with E-state index in [-0.39, 0.29) is 12.0 Å². The van der Waals surface area contributed by atoms with Gasteiger partial charge in [-0.3, -0.25) is 0 Å². The molecule has 2 N–H and O–H groups in total. The fraction of sp³-hybridized carbons (Fsp3) is 0.333. The van der Waals surface area contributed by atoms with E-state index in [0.29, 0.717) is 23.8 Å². The molecule has 2 heterocycles. The Bertz CT molecular complexity index is 987. The van der Waals surface area contributed by atoms with Gasteiger partial charge in [0.1, 0.15) is 11.6 Å². The lowest BCUT2D eigenvalue weighted by atomic mass is 9.85. The van der Waals surface area contributed by atoms with E-state index in [2.05, 4.69) is 20.6 Å². The summed E-state index contributed by atoms with van der Waals surface area (Å²) in [6.07, 6.45) is -3.59. The number of nitrogens with zero attached hydrogens (tertiary/aromatic N) is 2. The Balaban J connectivity index is 1.68. The second-order valence-electron chi connectivity index (χ2n) is 7.11. The van der Waals surface area contributed by atoms with E-state index in [1.165, 1.54) is 12.1 Å². The predicted octanol–water partition coefficient (Wildman–Crippen LogP) is 4.51. The number of para-hydroxylation sites is 1. The summed E-state index contributed by atoms with van der Waals surface area (Å²) in [5.41, 5.74) is 0.936. The predicted molar refractivity (Wildman–Crippen MR) is 103 cm³/mol. The second-order valence-corrected chi connectivity index (χ2v) is 7.11. The number of rotatable bonds is 3. The van der Waals surface area contributed by atoms with Crippen molar-refractivity contribution in [1.82, 2.24) is 15.3 Å². The number of halogens is 3. The molecule has 0 spiro atoms. The van der Waals surface area contributed by atoms with Crippen molar-refractivity contribution in [2.24, 2.45) is 0 Å². The Morgan fingerprint density at radius 3 is 2.71 bits per heavy atom. The quantitative estimate of drug-likeness (QED) is 0.695. The summed E-state index contributed by atoms with van der Waals surface area (Å²) in [7, 11) is 0. The fourth-order valence-electron chi connectivity index (χ4n) is 3.83. The van der Waals surface area contributed by atoms with Gasteiger partial charge in [0.05, 0.1) is 11.1 Å². The van der Waals surface area contributed by atoms with Gasteiger partial charge in [0.15, 0.2) is 0 Å². The summed E-state index contributed by atoms with van der Waals surface area (Å²) < 4.78 is 39.5. The molecule has 4 nitrogen and oxygen atoms in total. The van der Waals surface area contributed by atoms with Crippen molar-refractivity contribution < 1.29 is 13.2 Å². The zero-order valence-electron chi connectivity index (χ0n) is 15.4. The molecule has 0 bridgehead atoms. The highest BCUT2D eigenvalue weighted by atomic mass is 19.4. The van der Waals surface area contributed by atoms with Crippen molar-refractivity contribution >= 4 is 16.7 Å². The van der Waals surface area contributed by atoms with Crippen LogP contribution in [-0.2, 0) is 6.18 Å². The summed E-state index contributed by atoms with van der Waals surface area (Å²) >= 11 is 0. The smallest absolute Gasteiger partial charge is 0.365 e. The summed E-state index contributed by atoms with van der Waals surface area (Å²) in [6, 6.07) is 13.3. The zero-order chi connectivity index (χ0) is 19.7. The van der Waals surface area contributed by atoms with Crippen LogP contribution in [0.15, 0.2) is 48.5 Å². The third-order valence-corrected chi connectivity index (χ3v) is 5.16. The first-order chi connectivity index (χ1) is 13.4. The molecule has 0 saturated carbocycles. The molecule has 0 radical (unpaired) electrons. The number of aryl methyl sites for hydroxylation is 1. The topological polar surface area (TPSA) is 49.8 Å². The summed E-state index contributed by atoms with van der Waals surface area (Å²) in [5.74, 6) is 1.33. The lowest BCUT2D eigenvalue weighted by Crippen LogP contribution is -2.44. The first kappa shape index (κ1) is 18.7. The Labute approximate surface area is 161 Å². The van der Waals surface area contributed by atoms with Gasteiger partial charge in [-0.2, -0.15) is 13.2 Å². The summed E-state index contributed by atoms with van der Waals surface area (Å²) in [5, 5.41) is 7.71. The van der Waals surface area contributed by atoms with Gasteiger partial charge >= 0.3 is 6.18 Å². The molecule has 4 rings (SSSR count). The molecule has 0 unspecified atom stereocenters. The molecule has 3 aromatic rings. The van der Waals surface area contributed by atoms with Crippen LogP contribution in [0.5, 0.6) is 0 Å². The van der Waals surface area contributed by atoms with Gasteiger partial charge in [0, 0.05) is 23.9 Å². The number of alkyl halides is 3. The standard InChI is InChI=1S/C21H21F3N4/c1-13-26-18-8-3-2-7-17(18)20(27-13)28-19-12-25-10-9-16(19)14-5-4-6-15(11-14)21(22,23)24/h2-8,11,16,19,25H,9-10,12H2,1H3,(H,26,27,28)/t16-,19+/m1/s1. The fourth-order valence-corrected chi connectivity index (χ4v) is 3.83. The van der Waals surface area contributed by atoms with E-state index < -0.39 is 11.7 Å². The van der Waals surface area contributed by atoms with Crippen LogP contribution >= 0.6 is 0 Å². The van der Waals surface area contributed by atoms with Crippen LogP contribution in [0.4, 0.5) is 19.0 Å². The molecule has 0 amide bonds. The molecule has 1 saturated heterocycles. The van der Waals surface area contributed by atoms with E-state index in [0.717, 1.165) is 29.9 Å². The summed E-state index contributed by atoms with van der Waals surface area (Å²) in [6.45, 7) is 3.25. The maximum Gasteiger partial charge on any atom is 0.416 e. The lowest BCUT2D eigenvalue weighted by Gasteiger charge is -2.34. The Morgan fingerprint density at radius 2 is 1.89 bits per heavy atom. The van der Waals surface area contributed by atoms with E-state index in [9.17, 15) is 13.2 Å². The van der Waals surface area contributed by atoms with Gasteiger partial charge < -0.3 is 10.6 Å². The van der Waals surface area contributed by atoms with Crippen molar-refractivity contribution in [2.45, 2.75) is 31.5 Å². The van der Waals surface area contributed by atoms with E-state index in [1.807, 2.05) is 31.2 Å². The molecule has 146 valence electrons. The van der Waals surface area contributed by atoms with Gasteiger partial charge in [-0.1, -0.05) is 30.3 Å². The minimum atomic E-state index is -4.34. The highest BCUT2D eigenvalue weighted by Crippen LogP contribution is 2.34. The Morgan fingerprint density at radius 1 is 1.07 bits per heavy atom. The average Bonchev–Trinajstić information content (AvgIpc) is 2.68. The van der Waals surface area contributed by atoms with Crippen LogP contribution in [0.1, 0.15) is 29.3 Å². The maximum absolute atomic E-state index is 13.2. The molecule has 2 atom stereocenters. The van der Waals surface area contributed by atoms with Crippen molar-refractivity contribution in [3.8, 4) is 0 Å². The third kappa shape index (κ3) is 3.80. The Hall–Kier alpha value is -2.67. The van der Waals surface area contributed by atoms with Crippen LogP contribution in [0.2, 0.25) is 0 Å². The minimum absolute atomic E-state index is 0.0439. The highest BCUT2D eigenvalue weighted by molar-refractivity contribution is 5.89. The number of anilines is 1. The number of nitrogens with one attached hydrogen (secondary N) is 2. The third-order valence-electron chi connectivity index (χ3n) is 5.16. The number of piperidine rings is 1. The van der Waals surface area contributed by atoms with Crippen molar-refractivity contribution in [3.05, 3.63) is 65.5 Å². The molecular weight excluding hydrogens is 365 g/mol. The normalized spacial score (nSPS) is 20.3. The maximum atomic E-state index is 13.2. The van der Waals surface area contributed by atoms with Gasteiger partial charge in [-0.15, -0.1) is 0 Å². The molecule has 0 aliphatic carbocycles. The monoisotopic (exact) mass is 386 g/mol. The molecule has 1 aliphatic rings. The number of hydrogen-bond donors (Lipinski definition) is 2. The average molecular weight is 386 g/mol. The zero-order valence-corrected chi connectivity index (χ0v) is 15.4. The SMILES string of the molecule is Cc1nc(N[C@H]2CNCC[C@@H]2c2cccc(C(F)(F)F)c2)c2ccccc2n1. The van der Waals surface area contributed by atoms with Gasteiger partial charge in [-0.25, -0.2) is 9.97 Å². The van der Waals surface area contributed by atoms with Crippen LogP contribution in [0.25, 0.3) is 10.9 Å². The van der Waals surface area contributed by atoms with Crippen molar-refractivity contribution in [3.63, 3.8) is 0 Å². The minimum Gasteiger partial charge on any atom is -0.365 e. The lowest BCUT2D eigenvalue weighted by molar-refractivity contribution is -0.137. The first-order valence-electron chi connectivity index (χ1n) is 9.29. The van der Waals surface area contributed by atoms with Crippen molar-refractivity contribution in [1.29, 1.82) is 0 Å². The summed E-state index contributed by atoms with van der Waals surface area (Å²) in [4.78, 5) is 9.00. The molecule has 1 aliphatic heterocycles. The highest BCUT2D eigenvalue weighted by Gasteiger charge is 2.33. The molecule has 1 fully saturated rings. The van der Waals surface area contributed by atoms with Crippen LogP contribution in [-0.4, -0.2) is 29.1 Å². The largest absolute Gasteiger partial charge is 0.416 e. The first-order valence-corrected chi connectivity index (χ1v) is 9.29. The molecule has 7 heteroatoms. The number of aromatic nitrogens is 2. The molecule has 2 aromatic carbocycles. The van der Waals surface area contributed by atoms with Crippen LogP contribution in [0.3, 0.4) is 0 Å². The van der Waals surface area contributed by atoms with Crippen LogP contribution < -0.4 is 10.6 Å². The van der Waals surface area contributed by atoms with Crippen molar-refractivity contribution in [2.75, 3.05) is 18.4 Å². The van der Waals surface area contributed by atoms with Gasteiger partial charge in [-0.05, 0) is 43.7 Å². The number of benzene rings is 2. The van der Waals surface area contributed by atoms with Gasteiger partial charge in [0.25, 0.3) is 0 Å². The molecule has 28 heavy (non-hydrogen) atoms. The van der Waals surface area contributed by atoms with Crippen LogP contribution in [0, 0.1) is 6.92 Å². The van der Waals surface area contributed by atoms with E-state index >= 15 is 0 Å². The molecular formula is C21H21F3N4. The van der Waals surface area contributed by atoms with E-state index in [4.69, 9.17) is 0 Å². The second kappa shape index (κ2) is 7.39. The Kier molecular flexibility index (Phi) is 4.93. The molecule has 1 aromatic heterocycles. The van der Waals surface area contributed by atoms with Gasteiger partial charge in [0.2, 0.25) is 0 Å². The number of fused-ring (bicyclic) bond motifs is 1. The number of hydrogen-bond acceptors (Lipinski definition) is 4.